The van der Waals surface area contributed by atoms with E-state index in [4.69, 9.17) is 20.5 Å². The van der Waals surface area contributed by atoms with Gasteiger partial charge in [-0.1, -0.05) is 0 Å². The van der Waals surface area contributed by atoms with E-state index in [1.165, 1.54) is 0 Å². The lowest BCUT2D eigenvalue weighted by atomic mass is 10.3. The Morgan fingerprint density at radius 2 is 2.27 bits per heavy atom. The normalized spacial score (nSPS) is 9.33. The number of unbranched alkanes of at least 4 members (excludes halogenated alkanes) is 1. The minimum atomic E-state index is 0.496. The fraction of sp³-hybridized carbons (Fsp3) is 0.364. The van der Waals surface area contributed by atoms with E-state index >= 15 is 0 Å². The Morgan fingerprint density at radius 3 is 2.87 bits per heavy atom. The van der Waals surface area contributed by atoms with Gasteiger partial charge in [-0.15, -0.1) is 0 Å². The fourth-order valence-electron chi connectivity index (χ4n) is 1.12. The number of anilines is 1. The molecule has 0 saturated carbocycles. The molecule has 4 heteroatoms. The maximum atomic E-state index is 8.34. The quantitative estimate of drug-likeness (QED) is 0.590. The largest absolute Gasteiger partial charge is 0.497 e. The van der Waals surface area contributed by atoms with Crippen LogP contribution in [0.2, 0.25) is 0 Å². The van der Waals surface area contributed by atoms with Crippen molar-refractivity contribution in [3.63, 3.8) is 0 Å². The van der Waals surface area contributed by atoms with E-state index in [1.54, 1.807) is 25.3 Å². The van der Waals surface area contributed by atoms with E-state index in [0.717, 1.165) is 0 Å². The zero-order valence-corrected chi connectivity index (χ0v) is 8.69. The third-order valence-electron chi connectivity index (χ3n) is 1.91. The SMILES string of the molecule is COc1ccc(OCCCC#N)c(N)c1. The van der Waals surface area contributed by atoms with E-state index in [9.17, 15) is 0 Å². The molecule has 0 atom stereocenters. The third kappa shape index (κ3) is 3.39. The molecule has 0 aliphatic carbocycles. The van der Waals surface area contributed by atoms with Crippen LogP contribution in [0.1, 0.15) is 12.8 Å². The summed E-state index contributed by atoms with van der Waals surface area (Å²) in [7, 11) is 1.59. The minimum absolute atomic E-state index is 0.496. The molecule has 0 saturated heterocycles. The highest BCUT2D eigenvalue weighted by atomic mass is 16.5. The van der Waals surface area contributed by atoms with Crippen LogP contribution < -0.4 is 15.2 Å². The van der Waals surface area contributed by atoms with Gasteiger partial charge in [0.15, 0.2) is 0 Å². The van der Waals surface area contributed by atoms with Crippen molar-refractivity contribution in [2.75, 3.05) is 19.5 Å². The number of rotatable bonds is 5. The first-order chi connectivity index (χ1) is 7.27. The molecule has 80 valence electrons. The number of nitriles is 1. The monoisotopic (exact) mass is 206 g/mol. The molecule has 0 heterocycles. The number of nitrogen functional groups attached to an aromatic ring is 1. The number of benzene rings is 1. The molecule has 0 unspecified atom stereocenters. The molecule has 0 amide bonds. The van der Waals surface area contributed by atoms with Crippen LogP contribution in [0.25, 0.3) is 0 Å². The summed E-state index contributed by atoms with van der Waals surface area (Å²) >= 11 is 0. The molecule has 0 aliphatic rings. The molecule has 4 nitrogen and oxygen atoms in total. The highest BCUT2D eigenvalue weighted by Crippen LogP contribution is 2.26. The van der Waals surface area contributed by atoms with Crippen LogP contribution in [0.15, 0.2) is 18.2 Å². The van der Waals surface area contributed by atoms with Crippen LogP contribution in [0.4, 0.5) is 5.69 Å². The lowest BCUT2D eigenvalue weighted by molar-refractivity contribution is 0.313. The summed E-state index contributed by atoms with van der Waals surface area (Å²) in [6.45, 7) is 0.504. The van der Waals surface area contributed by atoms with Gasteiger partial charge in [-0.05, 0) is 18.6 Å². The van der Waals surface area contributed by atoms with Gasteiger partial charge < -0.3 is 15.2 Å². The van der Waals surface area contributed by atoms with Crippen molar-refractivity contribution in [3.05, 3.63) is 18.2 Å². The van der Waals surface area contributed by atoms with Gasteiger partial charge in [0, 0.05) is 12.5 Å². The second kappa shape index (κ2) is 5.76. The number of methoxy groups -OCH3 is 1. The maximum absolute atomic E-state index is 8.34. The number of nitrogens with zero attached hydrogens (tertiary/aromatic N) is 1. The highest BCUT2D eigenvalue weighted by molar-refractivity contribution is 5.56. The fourth-order valence-corrected chi connectivity index (χ4v) is 1.12. The Balaban J connectivity index is 2.51. The second-order valence-corrected chi connectivity index (χ2v) is 3.01. The second-order valence-electron chi connectivity index (χ2n) is 3.01. The predicted molar refractivity (Wildman–Crippen MR) is 57.7 cm³/mol. The molecule has 1 aromatic rings. The lowest BCUT2D eigenvalue weighted by Crippen LogP contribution is -2.00. The van der Waals surface area contributed by atoms with Crippen LogP contribution in [0.3, 0.4) is 0 Å². The minimum Gasteiger partial charge on any atom is -0.497 e. The topological polar surface area (TPSA) is 68.3 Å². The highest BCUT2D eigenvalue weighted by Gasteiger charge is 2.01. The summed E-state index contributed by atoms with van der Waals surface area (Å²) in [5, 5.41) is 8.34. The summed E-state index contributed by atoms with van der Waals surface area (Å²) in [5.74, 6) is 1.34. The summed E-state index contributed by atoms with van der Waals surface area (Å²) in [4.78, 5) is 0. The van der Waals surface area contributed by atoms with Crippen molar-refractivity contribution in [2.24, 2.45) is 0 Å². The van der Waals surface area contributed by atoms with Crippen LogP contribution in [0, 0.1) is 11.3 Å². The molecule has 0 aliphatic heterocycles. The molecule has 0 bridgehead atoms. The Bertz CT molecular complexity index is 358. The Hall–Kier alpha value is -1.89. The maximum Gasteiger partial charge on any atom is 0.142 e. The van der Waals surface area contributed by atoms with Crippen molar-refractivity contribution in [1.82, 2.24) is 0 Å². The van der Waals surface area contributed by atoms with Crippen molar-refractivity contribution < 1.29 is 9.47 Å². The van der Waals surface area contributed by atoms with Crippen molar-refractivity contribution in [2.45, 2.75) is 12.8 Å². The summed E-state index contributed by atoms with van der Waals surface area (Å²) in [6.07, 6.45) is 1.21. The van der Waals surface area contributed by atoms with Gasteiger partial charge in [0.2, 0.25) is 0 Å². The molecule has 1 aromatic carbocycles. The lowest BCUT2D eigenvalue weighted by Gasteiger charge is -2.09. The first kappa shape index (κ1) is 11.2. The third-order valence-corrected chi connectivity index (χ3v) is 1.91. The van der Waals surface area contributed by atoms with Crippen LogP contribution in [0.5, 0.6) is 11.5 Å². The standard InChI is InChI=1S/C11H14N2O2/c1-14-9-4-5-11(10(13)8-9)15-7-3-2-6-12/h4-5,8H,2-3,7,13H2,1H3. The Labute approximate surface area is 89.2 Å². The van der Waals surface area contributed by atoms with Crippen molar-refractivity contribution in [1.29, 1.82) is 5.26 Å². The average molecular weight is 206 g/mol. The van der Waals surface area contributed by atoms with Gasteiger partial charge >= 0.3 is 0 Å². The Kier molecular flexibility index (Phi) is 4.30. The van der Waals surface area contributed by atoms with Gasteiger partial charge in [-0.25, -0.2) is 0 Å². The summed E-state index contributed by atoms with van der Waals surface area (Å²) in [6, 6.07) is 7.32. The van der Waals surface area contributed by atoms with Crippen LogP contribution in [-0.2, 0) is 0 Å². The van der Waals surface area contributed by atoms with E-state index in [0.29, 0.717) is 36.6 Å². The first-order valence-corrected chi connectivity index (χ1v) is 4.71. The van der Waals surface area contributed by atoms with Crippen molar-refractivity contribution >= 4 is 5.69 Å². The predicted octanol–water partition coefficient (Wildman–Crippen LogP) is 1.96. The Morgan fingerprint density at radius 1 is 1.47 bits per heavy atom. The van der Waals surface area contributed by atoms with Crippen LogP contribution in [-0.4, -0.2) is 13.7 Å². The number of ether oxygens (including phenoxy) is 2. The number of hydrogen-bond donors (Lipinski definition) is 1. The smallest absolute Gasteiger partial charge is 0.142 e. The average Bonchev–Trinajstić information content (AvgIpc) is 2.26. The van der Waals surface area contributed by atoms with Gasteiger partial charge in [0.05, 0.1) is 25.5 Å². The molecule has 15 heavy (non-hydrogen) atoms. The van der Waals surface area contributed by atoms with Crippen molar-refractivity contribution in [3.8, 4) is 17.6 Å². The summed E-state index contributed by atoms with van der Waals surface area (Å²) < 4.78 is 10.4. The van der Waals surface area contributed by atoms with Gasteiger partial charge in [-0.3, -0.25) is 0 Å². The molecule has 0 aromatic heterocycles. The molecule has 0 radical (unpaired) electrons. The van der Waals surface area contributed by atoms with E-state index in [-0.39, 0.29) is 0 Å². The zero-order chi connectivity index (χ0) is 11.1. The van der Waals surface area contributed by atoms with Crippen LogP contribution >= 0.6 is 0 Å². The molecule has 0 spiro atoms. The summed E-state index contributed by atoms with van der Waals surface area (Å²) in [5.41, 5.74) is 6.29. The van der Waals surface area contributed by atoms with Gasteiger partial charge in [0.1, 0.15) is 11.5 Å². The molecular weight excluding hydrogens is 192 g/mol. The van der Waals surface area contributed by atoms with E-state index in [2.05, 4.69) is 6.07 Å². The molecule has 1 rings (SSSR count). The molecule has 0 fully saturated rings. The van der Waals surface area contributed by atoms with E-state index in [1.807, 2.05) is 0 Å². The molecular formula is C11H14N2O2. The van der Waals surface area contributed by atoms with Gasteiger partial charge in [0.25, 0.3) is 0 Å². The zero-order valence-electron chi connectivity index (χ0n) is 8.69. The van der Waals surface area contributed by atoms with E-state index < -0.39 is 0 Å². The number of hydrogen-bond acceptors (Lipinski definition) is 4. The van der Waals surface area contributed by atoms with Gasteiger partial charge in [-0.2, -0.15) is 5.26 Å². The number of nitrogens with two attached hydrogens (primary N) is 1. The first-order valence-electron chi connectivity index (χ1n) is 4.71. The molecule has 2 N–H and O–H groups in total.